The Morgan fingerprint density at radius 2 is 2.13 bits per heavy atom. The Bertz CT molecular complexity index is 238. The molecule has 1 heterocycles. The molecule has 0 aromatic heterocycles. The molecule has 1 saturated heterocycles. The van der Waals surface area contributed by atoms with Gasteiger partial charge < -0.3 is 10.6 Å². The van der Waals surface area contributed by atoms with E-state index in [1.165, 1.54) is 0 Å². The van der Waals surface area contributed by atoms with Crippen LogP contribution in [0, 0.1) is 5.92 Å². The summed E-state index contributed by atoms with van der Waals surface area (Å²) < 4.78 is 0. The van der Waals surface area contributed by atoms with Crippen LogP contribution in [0.3, 0.4) is 0 Å². The standard InChI is InChI=1S/C12H24N2O/c1-5-12(4,13)11(15)14-7-6-9(2)8-10(14)3/h9-10H,5-8,13H2,1-4H3. The SMILES string of the molecule is CCC(C)(N)C(=O)N1CCC(C)CC1C. The Morgan fingerprint density at radius 1 is 1.53 bits per heavy atom. The molecule has 0 aliphatic carbocycles. The van der Waals surface area contributed by atoms with E-state index in [0.29, 0.717) is 12.5 Å². The summed E-state index contributed by atoms with van der Waals surface area (Å²) >= 11 is 0. The number of rotatable bonds is 2. The third-order valence-corrected chi connectivity index (χ3v) is 3.62. The maximum Gasteiger partial charge on any atom is 0.242 e. The number of carbonyl (C=O) groups is 1. The minimum Gasteiger partial charge on any atom is -0.338 e. The first kappa shape index (κ1) is 12.5. The highest BCUT2D eigenvalue weighted by atomic mass is 16.2. The number of piperidine rings is 1. The van der Waals surface area contributed by atoms with E-state index < -0.39 is 5.54 Å². The van der Waals surface area contributed by atoms with Crippen molar-refractivity contribution in [2.45, 2.75) is 58.5 Å². The zero-order valence-electron chi connectivity index (χ0n) is 10.4. The van der Waals surface area contributed by atoms with Crippen LogP contribution in [0.25, 0.3) is 0 Å². The van der Waals surface area contributed by atoms with Crippen LogP contribution in [0.1, 0.15) is 47.0 Å². The quantitative estimate of drug-likeness (QED) is 0.758. The van der Waals surface area contributed by atoms with Gasteiger partial charge in [0.15, 0.2) is 0 Å². The number of hydrogen-bond acceptors (Lipinski definition) is 2. The van der Waals surface area contributed by atoms with Gasteiger partial charge in [-0.3, -0.25) is 4.79 Å². The Labute approximate surface area is 93.0 Å². The molecule has 1 fully saturated rings. The molecule has 1 aliphatic heterocycles. The minimum absolute atomic E-state index is 0.115. The molecule has 1 rings (SSSR count). The van der Waals surface area contributed by atoms with E-state index >= 15 is 0 Å². The average Bonchev–Trinajstić information content (AvgIpc) is 2.17. The van der Waals surface area contributed by atoms with Crippen LogP contribution in [0.15, 0.2) is 0 Å². The van der Waals surface area contributed by atoms with Crippen LogP contribution in [0.5, 0.6) is 0 Å². The van der Waals surface area contributed by atoms with Crippen LogP contribution in [-0.4, -0.2) is 28.9 Å². The first-order chi connectivity index (χ1) is 6.88. The van der Waals surface area contributed by atoms with Gasteiger partial charge in [-0.25, -0.2) is 0 Å². The van der Waals surface area contributed by atoms with Gasteiger partial charge in [-0.15, -0.1) is 0 Å². The van der Waals surface area contributed by atoms with Crippen molar-refractivity contribution in [3.8, 4) is 0 Å². The fourth-order valence-electron chi connectivity index (χ4n) is 2.19. The van der Waals surface area contributed by atoms with E-state index in [-0.39, 0.29) is 5.91 Å². The second-order valence-electron chi connectivity index (χ2n) is 5.25. The molecule has 3 nitrogen and oxygen atoms in total. The Hall–Kier alpha value is -0.570. The number of nitrogens with zero attached hydrogens (tertiary/aromatic N) is 1. The Kier molecular flexibility index (Phi) is 3.77. The van der Waals surface area contributed by atoms with Crippen molar-refractivity contribution in [3.63, 3.8) is 0 Å². The van der Waals surface area contributed by atoms with E-state index in [1.807, 2.05) is 18.7 Å². The van der Waals surface area contributed by atoms with E-state index in [4.69, 9.17) is 5.73 Å². The Morgan fingerprint density at radius 3 is 2.60 bits per heavy atom. The van der Waals surface area contributed by atoms with Crippen molar-refractivity contribution < 1.29 is 4.79 Å². The van der Waals surface area contributed by atoms with Crippen molar-refractivity contribution in [2.75, 3.05) is 6.54 Å². The summed E-state index contributed by atoms with van der Waals surface area (Å²) in [6.07, 6.45) is 2.91. The van der Waals surface area contributed by atoms with Gasteiger partial charge in [0.2, 0.25) is 5.91 Å². The van der Waals surface area contributed by atoms with Crippen LogP contribution in [0.2, 0.25) is 0 Å². The zero-order chi connectivity index (χ0) is 11.6. The van der Waals surface area contributed by atoms with Crippen molar-refractivity contribution in [2.24, 2.45) is 11.7 Å². The molecule has 3 atom stereocenters. The molecule has 0 saturated carbocycles. The van der Waals surface area contributed by atoms with E-state index in [1.54, 1.807) is 0 Å². The van der Waals surface area contributed by atoms with Gasteiger partial charge in [-0.05, 0) is 39.0 Å². The number of amides is 1. The lowest BCUT2D eigenvalue weighted by Gasteiger charge is -2.40. The largest absolute Gasteiger partial charge is 0.338 e. The lowest BCUT2D eigenvalue weighted by Crippen LogP contribution is -2.57. The summed E-state index contributed by atoms with van der Waals surface area (Å²) in [5, 5.41) is 0. The summed E-state index contributed by atoms with van der Waals surface area (Å²) in [5.74, 6) is 0.846. The predicted octanol–water partition coefficient (Wildman–Crippen LogP) is 1.76. The van der Waals surface area contributed by atoms with Crippen LogP contribution < -0.4 is 5.73 Å². The summed E-state index contributed by atoms with van der Waals surface area (Å²) in [5.41, 5.74) is 5.31. The maximum absolute atomic E-state index is 12.2. The summed E-state index contributed by atoms with van der Waals surface area (Å²) in [4.78, 5) is 14.1. The van der Waals surface area contributed by atoms with Gasteiger partial charge in [0.25, 0.3) is 0 Å². The normalized spacial score (nSPS) is 31.1. The summed E-state index contributed by atoms with van der Waals surface area (Å²) in [6, 6.07) is 0.343. The second-order valence-corrected chi connectivity index (χ2v) is 5.25. The average molecular weight is 212 g/mol. The molecule has 3 unspecified atom stereocenters. The number of carbonyl (C=O) groups excluding carboxylic acids is 1. The van der Waals surface area contributed by atoms with Gasteiger partial charge in [-0.1, -0.05) is 13.8 Å². The number of nitrogens with two attached hydrogens (primary N) is 1. The minimum atomic E-state index is -0.686. The molecule has 0 radical (unpaired) electrons. The topological polar surface area (TPSA) is 46.3 Å². The van der Waals surface area contributed by atoms with Gasteiger partial charge in [-0.2, -0.15) is 0 Å². The third-order valence-electron chi connectivity index (χ3n) is 3.62. The molecule has 0 bridgehead atoms. The molecular formula is C12H24N2O. The van der Waals surface area contributed by atoms with E-state index in [0.717, 1.165) is 25.3 Å². The molecule has 0 aromatic carbocycles. The first-order valence-corrected chi connectivity index (χ1v) is 5.98. The Balaban J connectivity index is 2.68. The van der Waals surface area contributed by atoms with Crippen LogP contribution in [0.4, 0.5) is 0 Å². The number of hydrogen-bond donors (Lipinski definition) is 1. The fraction of sp³-hybridized carbons (Fsp3) is 0.917. The molecular weight excluding hydrogens is 188 g/mol. The van der Waals surface area contributed by atoms with Crippen molar-refractivity contribution in [1.29, 1.82) is 0 Å². The van der Waals surface area contributed by atoms with E-state index in [9.17, 15) is 4.79 Å². The highest BCUT2D eigenvalue weighted by molar-refractivity contribution is 5.85. The molecule has 88 valence electrons. The predicted molar refractivity (Wildman–Crippen MR) is 62.5 cm³/mol. The lowest BCUT2D eigenvalue weighted by atomic mass is 9.90. The fourth-order valence-corrected chi connectivity index (χ4v) is 2.19. The molecule has 0 spiro atoms. The summed E-state index contributed by atoms with van der Waals surface area (Å²) in [7, 11) is 0. The van der Waals surface area contributed by atoms with Crippen molar-refractivity contribution in [1.82, 2.24) is 4.90 Å². The molecule has 1 aliphatic rings. The molecule has 2 N–H and O–H groups in total. The first-order valence-electron chi connectivity index (χ1n) is 5.98. The monoisotopic (exact) mass is 212 g/mol. The zero-order valence-corrected chi connectivity index (χ0v) is 10.4. The van der Waals surface area contributed by atoms with Crippen LogP contribution in [-0.2, 0) is 4.79 Å². The second kappa shape index (κ2) is 4.52. The van der Waals surface area contributed by atoms with E-state index in [2.05, 4.69) is 13.8 Å². The van der Waals surface area contributed by atoms with Crippen molar-refractivity contribution in [3.05, 3.63) is 0 Å². The van der Waals surface area contributed by atoms with Gasteiger partial charge in [0.1, 0.15) is 0 Å². The molecule has 0 aromatic rings. The molecule has 1 amide bonds. The highest BCUT2D eigenvalue weighted by Crippen LogP contribution is 2.24. The lowest BCUT2D eigenvalue weighted by molar-refractivity contribution is -0.140. The maximum atomic E-state index is 12.2. The smallest absolute Gasteiger partial charge is 0.242 e. The number of likely N-dealkylation sites (tertiary alicyclic amines) is 1. The van der Waals surface area contributed by atoms with Gasteiger partial charge in [0, 0.05) is 12.6 Å². The third kappa shape index (κ3) is 2.71. The van der Waals surface area contributed by atoms with Crippen LogP contribution >= 0.6 is 0 Å². The summed E-state index contributed by atoms with van der Waals surface area (Å²) in [6.45, 7) is 9.04. The molecule has 15 heavy (non-hydrogen) atoms. The highest BCUT2D eigenvalue weighted by Gasteiger charge is 2.35. The van der Waals surface area contributed by atoms with Gasteiger partial charge in [0.05, 0.1) is 5.54 Å². The van der Waals surface area contributed by atoms with Gasteiger partial charge >= 0.3 is 0 Å². The molecule has 3 heteroatoms. The van der Waals surface area contributed by atoms with Crippen molar-refractivity contribution >= 4 is 5.91 Å².